The van der Waals surface area contributed by atoms with Crippen LogP contribution in [0.5, 0.6) is 5.75 Å². The quantitative estimate of drug-likeness (QED) is 0.871. The van der Waals surface area contributed by atoms with Crippen molar-refractivity contribution in [3.8, 4) is 23.1 Å². The number of H-pyrrole nitrogens is 1. The van der Waals surface area contributed by atoms with Gasteiger partial charge in [0.25, 0.3) is 0 Å². The van der Waals surface area contributed by atoms with E-state index in [9.17, 15) is 0 Å². The van der Waals surface area contributed by atoms with Gasteiger partial charge in [-0.15, -0.1) is 0 Å². The van der Waals surface area contributed by atoms with Crippen LogP contribution in [0.2, 0.25) is 0 Å². The molecule has 1 aromatic carbocycles. The summed E-state index contributed by atoms with van der Waals surface area (Å²) in [4.78, 5) is 7.27. The normalized spacial score (nSPS) is 10.3. The fourth-order valence-corrected chi connectivity index (χ4v) is 2.53. The molecule has 0 bridgehead atoms. The summed E-state index contributed by atoms with van der Waals surface area (Å²) in [5, 5.41) is 9.07. The molecule has 0 saturated carbocycles. The molecule has 102 valence electrons. The summed E-state index contributed by atoms with van der Waals surface area (Å²) in [6.07, 6.45) is 1.57. The number of methoxy groups -OCH3 is 1. The summed E-state index contributed by atoms with van der Waals surface area (Å²) in [6.45, 7) is 4.12. The van der Waals surface area contributed by atoms with Gasteiger partial charge in [0, 0.05) is 11.1 Å². The minimum absolute atomic E-state index is 0.220. The van der Waals surface area contributed by atoms with Crippen molar-refractivity contribution < 1.29 is 4.74 Å². The van der Waals surface area contributed by atoms with Crippen molar-refractivity contribution in [3.63, 3.8) is 0 Å². The summed E-state index contributed by atoms with van der Waals surface area (Å²) in [5.74, 6) is 0.917. The molecule has 1 N–H and O–H groups in total. The summed E-state index contributed by atoms with van der Waals surface area (Å²) >= 11 is 5.32. The zero-order valence-corrected chi connectivity index (χ0v) is 12.4. The maximum Gasteiger partial charge on any atom is 0.133 e. The number of nitrogens with zero attached hydrogens (tertiary/aromatic N) is 2. The zero-order valence-electron chi connectivity index (χ0n) is 11.6. The highest BCUT2D eigenvalue weighted by molar-refractivity contribution is 7.71. The fraction of sp³-hybridized carbons (Fsp3) is 0.267. The average Bonchev–Trinajstić information content (AvgIpc) is 2.45. The maximum atomic E-state index is 9.07. The lowest BCUT2D eigenvalue weighted by atomic mass is 9.97. The van der Waals surface area contributed by atoms with E-state index in [0.29, 0.717) is 16.0 Å². The Morgan fingerprint density at radius 3 is 2.75 bits per heavy atom. The molecule has 0 amide bonds. The van der Waals surface area contributed by atoms with Gasteiger partial charge in [0.2, 0.25) is 0 Å². The number of nitriles is 1. The van der Waals surface area contributed by atoms with Gasteiger partial charge in [-0.25, -0.2) is 4.98 Å². The van der Waals surface area contributed by atoms with Crippen LogP contribution in [0.1, 0.15) is 30.9 Å². The van der Waals surface area contributed by atoms with Crippen LogP contribution < -0.4 is 4.74 Å². The van der Waals surface area contributed by atoms with Gasteiger partial charge in [-0.2, -0.15) is 5.26 Å². The highest BCUT2D eigenvalue weighted by atomic mass is 32.1. The van der Waals surface area contributed by atoms with Gasteiger partial charge in [0.05, 0.1) is 30.8 Å². The SMILES string of the molecule is COc1ccc(C#N)cc1-c1[nH]cnc(=S)c1C(C)C. The first kappa shape index (κ1) is 14.2. The number of rotatable bonds is 3. The Morgan fingerprint density at radius 2 is 2.15 bits per heavy atom. The molecule has 0 atom stereocenters. The third-order valence-corrected chi connectivity index (χ3v) is 3.39. The molecule has 1 heterocycles. The molecule has 2 rings (SSSR count). The Kier molecular flexibility index (Phi) is 4.16. The van der Waals surface area contributed by atoms with Gasteiger partial charge in [-0.05, 0) is 24.1 Å². The summed E-state index contributed by atoms with van der Waals surface area (Å²) < 4.78 is 5.96. The predicted molar refractivity (Wildman–Crippen MR) is 80.2 cm³/mol. The molecule has 0 spiro atoms. The third kappa shape index (κ3) is 2.56. The molecule has 0 saturated heterocycles. The maximum absolute atomic E-state index is 9.07. The van der Waals surface area contributed by atoms with E-state index in [0.717, 1.165) is 16.8 Å². The summed E-state index contributed by atoms with van der Waals surface area (Å²) in [5.41, 5.74) is 3.21. The largest absolute Gasteiger partial charge is 0.496 e. The second-order valence-electron chi connectivity index (χ2n) is 4.68. The van der Waals surface area contributed by atoms with Gasteiger partial charge >= 0.3 is 0 Å². The second-order valence-corrected chi connectivity index (χ2v) is 5.06. The first-order chi connectivity index (χ1) is 9.58. The first-order valence-electron chi connectivity index (χ1n) is 6.24. The number of hydrogen-bond donors (Lipinski definition) is 1. The molecule has 0 radical (unpaired) electrons. The average molecular weight is 285 g/mol. The molecule has 20 heavy (non-hydrogen) atoms. The summed E-state index contributed by atoms with van der Waals surface area (Å²) in [7, 11) is 1.61. The van der Waals surface area contributed by atoms with Crippen molar-refractivity contribution in [3.05, 3.63) is 40.3 Å². The number of benzene rings is 1. The molecule has 0 aliphatic heterocycles. The van der Waals surface area contributed by atoms with Crippen molar-refractivity contribution in [2.24, 2.45) is 0 Å². The lowest BCUT2D eigenvalue weighted by Gasteiger charge is -2.15. The Morgan fingerprint density at radius 1 is 1.40 bits per heavy atom. The van der Waals surface area contributed by atoms with Crippen LogP contribution in [0.4, 0.5) is 0 Å². The van der Waals surface area contributed by atoms with Crippen LogP contribution in [-0.4, -0.2) is 17.1 Å². The van der Waals surface area contributed by atoms with E-state index in [-0.39, 0.29) is 5.92 Å². The molecular formula is C15H15N3OS. The van der Waals surface area contributed by atoms with Crippen LogP contribution in [0.15, 0.2) is 24.5 Å². The minimum atomic E-state index is 0.220. The standard InChI is InChI=1S/C15H15N3OS/c1-9(2)13-14(17-8-18-15(13)20)11-6-10(7-16)4-5-12(11)19-3/h4-6,8-9H,1-3H3,(H,17,18,20). The van der Waals surface area contributed by atoms with E-state index in [1.165, 1.54) is 0 Å². The van der Waals surface area contributed by atoms with Gasteiger partial charge < -0.3 is 9.72 Å². The monoisotopic (exact) mass is 285 g/mol. The molecule has 5 heteroatoms. The van der Waals surface area contributed by atoms with Gasteiger partial charge in [0.15, 0.2) is 0 Å². The van der Waals surface area contributed by atoms with E-state index in [4.69, 9.17) is 22.2 Å². The lowest BCUT2D eigenvalue weighted by Crippen LogP contribution is -2.00. The molecule has 0 aliphatic rings. The van der Waals surface area contributed by atoms with Crippen LogP contribution in [0, 0.1) is 16.0 Å². The highest BCUT2D eigenvalue weighted by Crippen LogP contribution is 2.34. The molecule has 0 fully saturated rings. The van der Waals surface area contributed by atoms with Crippen LogP contribution >= 0.6 is 12.2 Å². The Balaban J connectivity index is 2.78. The Labute approximate surface area is 123 Å². The number of aromatic amines is 1. The van der Waals surface area contributed by atoms with E-state index in [2.05, 4.69) is 29.9 Å². The predicted octanol–water partition coefficient (Wildman–Crippen LogP) is 3.81. The highest BCUT2D eigenvalue weighted by Gasteiger charge is 2.15. The van der Waals surface area contributed by atoms with E-state index in [1.807, 2.05) is 0 Å². The third-order valence-electron chi connectivity index (χ3n) is 3.07. The lowest BCUT2D eigenvalue weighted by molar-refractivity contribution is 0.416. The topological polar surface area (TPSA) is 61.7 Å². The zero-order chi connectivity index (χ0) is 14.7. The Hall–Kier alpha value is -2.19. The molecular weight excluding hydrogens is 270 g/mol. The first-order valence-corrected chi connectivity index (χ1v) is 6.65. The van der Waals surface area contributed by atoms with Crippen LogP contribution in [-0.2, 0) is 0 Å². The number of nitrogens with one attached hydrogen (secondary N) is 1. The van der Waals surface area contributed by atoms with Crippen molar-refractivity contribution in [1.29, 1.82) is 5.26 Å². The van der Waals surface area contributed by atoms with Gasteiger partial charge in [-0.1, -0.05) is 26.1 Å². The second kappa shape index (κ2) is 5.85. The van der Waals surface area contributed by atoms with E-state index < -0.39 is 0 Å². The van der Waals surface area contributed by atoms with Crippen molar-refractivity contribution in [2.45, 2.75) is 19.8 Å². The van der Waals surface area contributed by atoms with E-state index in [1.54, 1.807) is 31.6 Å². The van der Waals surface area contributed by atoms with E-state index >= 15 is 0 Å². The molecule has 0 aliphatic carbocycles. The van der Waals surface area contributed by atoms with Crippen molar-refractivity contribution in [1.82, 2.24) is 9.97 Å². The van der Waals surface area contributed by atoms with Crippen molar-refractivity contribution in [2.75, 3.05) is 7.11 Å². The van der Waals surface area contributed by atoms with Crippen LogP contribution in [0.25, 0.3) is 11.3 Å². The minimum Gasteiger partial charge on any atom is -0.496 e. The molecule has 2 aromatic rings. The van der Waals surface area contributed by atoms with Gasteiger partial charge in [-0.3, -0.25) is 0 Å². The van der Waals surface area contributed by atoms with Gasteiger partial charge in [0.1, 0.15) is 10.4 Å². The number of aromatic nitrogens is 2. The Bertz CT molecular complexity index is 729. The van der Waals surface area contributed by atoms with Crippen molar-refractivity contribution >= 4 is 12.2 Å². The molecule has 4 nitrogen and oxygen atoms in total. The van der Waals surface area contributed by atoms with Crippen LogP contribution in [0.3, 0.4) is 0 Å². The molecule has 0 unspecified atom stereocenters. The number of hydrogen-bond acceptors (Lipinski definition) is 4. The smallest absolute Gasteiger partial charge is 0.133 e. The summed E-state index contributed by atoms with van der Waals surface area (Å²) in [6, 6.07) is 7.45. The number of ether oxygens (including phenoxy) is 1. The fourth-order valence-electron chi connectivity index (χ4n) is 2.14. The molecule has 1 aromatic heterocycles.